The van der Waals surface area contributed by atoms with Crippen molar-refractivity contribution in [1.29, 1.82) is 5.41 Å². The Labute approximate surface area is 254 Å². The minimum Gasteiger partial charge on any atom is -0.475 e. The number of alkyl halides is 3. The molecule has 238 valence electrons. The number of hydrogen-bond donors (Lipinski definition) is 5. The Balaban J connectivity index is 0.000000707. The molecule has 1 heterocycles. The van der Waals surface area contributed by atoms with E-state index in [-0.39, 0.29) is 17.2 Å². The van der Waals surface area contributed by atoms with Gasteiger partial charge >= 0.3 is 18.1 Å². The van der Waals surface area contributed by atoms with Crippen molar-refractivity contribution >= 4 is 45.1 Å². The number of carbonyl (C=O) groups is 3. The summed E-state index contributed by atoms with van der Waals surface area (Å²) in [6.45, 7) is 0. The number of anilines is 1. The molecule has 1 aliphatic heterocycles. The molecule has 3 aromatic rings. The number of sulfonamides is 1. The molecule has 1 amide bonds. The Morgan fingerprint density at radius 3 is 2.24 bits per heavy atom. The number of hydrogen-bond acceptors (Lipinski definition) is 9. The number of aliphatic carboxylic acids is 1. The normalized spacial score (nSPS) is 15.9. The van der Waals surface area contributed by atoms with Gasteiger partial charge < -0.3 is 25.7 Å². The molecule has 0 radical (unpaired) electrons. The van der Waals surface area contributed by atoms with Gasteiger partial charge in [-0.05, 0) is 29.8 Å². The molecule has 0 saturated carbocycles. The van der Waals surface area contributed by atoms with Crippen molar-refractivity contribution in [3.05, 3.63) is 83.9 Å². The third kappa shape index (κ3) is 8.64. The lowest BCUT2D eigenvalue weighted by Crippen LogP contribution is -2.45. The van der Waals surface area contributed by atoms with Gasteiger partial charge in [0.1, 0.15) is 5.84 Å². The number of nitrogens with two attached hydrogens (primary N) is 2. The molecule has 1 atom stereocenters. The number of nitrogens with zero attached hydrogens (tertiary/aromatic N) is 1. The molecule has 1 aliphatic rings. The summed E-state index contributed by atoms with van der Waals surface area (Å²) in [6, 6.07) is 19.5. The van der Waals surface area contributed by atoms with Gasteiger partial charge in [0.15, 0.2) is 0 Å². The van der Waals surface area contributed by atoms with Crippen LogP contribution in [0.4, 0.5) is 18.9 Å². The van der Waals surface area contributed by atoms with E-state index in [1.54, 1.807) is 66.7 Å². The summed E-state index contributed by atoms with van der Waals surface area (Å²) in [5.74, 6) is -4.17. The van der Waals surface area contributed by atoms with Crippen molar-refractivity contribution in [3.8, 4) is 11.1 Å². The van der Waals surface area contributed by atoms with Crippen molar-refractivity contribution in [1.82, 2.24) is 0 Å². The topological polar surface area (TPSA) is 224 Å². The molecule has 17 heteroatoms. The molecule has 7 N–H and O–H groups in total. The minimum atomic E-state index is -5.08. The summed E-state index contributed by atoms with van der Waals surface area (Å²) in [7, 11) is -2.73. The molecular weight excluding hydrogens is 623 g/mol. The van der Waals surface area contributed by atoms with Crippen LogP contribution >= 0.6 is 0 Å². The van der Waals surface area contributed by atoms with Crippen LogP contribution in [0, 0.1) is 5.41 Å². The number of methoxy groups -OCH3 is 1. The van der Waals surface area contributed by atoms with E-state index in [1.807, 2.05) is 0 Å². The lowest BCUT2D eigenvalue weighted by Gasteiger charge is -2.24. The highest BCUT2D eigenvalue weighted by atomic mass is 32.2. The number of rotatable bonds is 8. The first kappa shape index (κ1) is 34.2. The highest BCUT2D eigenvalue weighted by Crippen LogP contribution is 2.33. The minimum absolute atomic E-state index is 0.0216. The Hall–Kier alpha value is -5.29. The molecule has 13 nitrogen and oxygen atoms in total. The number of carboxylic acid groups (broad SMARTS) is 1. The van der Waals surface area contributed by atoms with Crippen molar-refractivity contribution in [2.75, 3.05) is 12.4 Å². The predicted molar refractivity (Wildman–Crippen MR) is 155 cm³/mol. The number of nitrogens with one attached hydrogen (secondary N) is 2. The SMILES string of the molecule is COC(=O)CC1(C(=O)Nc2ccc(-c3ccccc3S(N)(=O)=O)cc2)CC(c2cccc(C(=N)N)c2)=NO1.O=C(O)C(F)(F)F. The van der Waals surface area contributed by atoms with Crippen LogP contribution in [0.15, 0.2) is 82.8 Å². The van der Waals surface area contributed by atoms with Crippen LogP contribution in [0.5, 0.6) is 0 Å². The maximum atomic E-state index is 13.4. The summed E-state index contributed by atoms with van der Waals surface area (Å²) in [5, 5.41) is 26.9. The van der Waals surface area contributed by atoms with E-state index in [0.29, 0.717) is 33.7 Å². The molecule has 0 aromatic heterocycles. The quantitative estimate of drug-likeness (QED) is 0.137. The number of halogens is 3. The Morgan fingerprint density at radius 1 is 1.07 bits per heavy atom. The maximum absolute atomic E-state index is 13.4. The highest BCUT2D eigenvalue weighted by molar-refractivity contribution is 7.89. The van der Waals surface area contributed by atoms with Crippen molar-refractivity contribution in [2.24, 2.45) is 16.0 Å². The average molecular weight is 650 g/mol. The summed E-state index contributed by atoms with van der Waals surface area (Å²) < 4.78 is 60.4. The second-order valence-corrected chi connectivity index (χ2v) is 11.0. The third-order valence-corrected chi connectivity index (χ3v) is 7.22. The molecule has 0 fully saturated rings. The second-order valence-electron chi connectivity index (χ2n) is 9.42. The molecule has 3 aromatic carbocycles. The van der Waals surface area contributed by atoms with Gasteiger partial charge in [0.2, 0.25) is 15.6 Å². The lowest BCUT2D eigenvalue weighted by molar-refractivity contribution is -0.192. The zero-order valence-electron chi connectivity index (χ0n) is 23.3. The first-order chi connectivity index (χ1) is 21.0. The smallest absolute Gasteiger partial charge is 0.475 e. The number of carboxylic acids is 1. The zero-order valence-corrected chi connectivity index (χ0v) is 24.1. The number of oxime groups is 1. The molecule has 0 saturated heterocycles. The molecular formula is C28H26F3N5O8S. The highest BCUT2D eigenvalue weighted by Gasteiger charge is 2.49. The van der Waals surface area contributed by atoms with Crippen LogP contribution in [-0.4, -0.2) is 61.8 Å². The first-order valence-corrected chi connectivity index (χ1v) is 14.1. The van der Waals surface area contributed by atoms with Crippen LogP contribution in [-0.2, 0) is 34.0 Å². The monoisotopic (exact) mass is 649 g/mol. The van der Waals surface area contributed by atoms with Crippen molar-refractivity contribution in [3.63, 3.8) is 0 Å². The molecule has 1 unspecified atom stereocenters. The summed E-state index contributed by atoms with van der Waals surface area (Å²) in [5.41, 5.74) is 6.75. The van der Waals surface area contributed by atoms with Crippen molar-refractivity contribution < 1.29 is 50.7 Å². The van der Waals surface area contributed by atoms with Crippen LogP contribution < -0.4 is 16.2 Å². The Kier molecular flexibility index (Phi) is 10.3. The van der Waals surface area contributed by atoms with E-state index in [2.05, 4.69) is 10.5 Å². The van der Waals surface area contributed by atoms with Gasteiger partial charge in [0.05, 0.1) is 24.1 Å². The number of amides is 1. The molecule has 45 heavy (non-hydrogen) atoms. The molecule has 0 aliphatic carbocycles. The number of benzene rings is 3. The molecule has 4 rings (SSSR count). The Morgan fingerprint density at radius 2 is 1.69 bits per heavy atom. The number of primary sulfonamides is 1. The summed E-state index contributed by atoms with van der Waals surface area (Å²) >= 11 is 0. The standard InChI is InChI=1S/C26H25N5O6S.C2HF3O2/c1-36-23(32)15-26(14-21(31-37-26)17-5-4-6-18(13-17)24(27)28)25(33)30-19-11-9-16(10-12-19)20-7-2-3-8-22(20)38(29,34)35;3-2(4,5)1(6)7/h2-13H,14-15H2,1H3,(H3,27,28)(H,30,33)(H2,29,34,35);(H,6,7). The van der Waals surface area contributed by atoms with Crippen LogP contribution in [0.2, 0.25) is 0 Å². The van der Waals surface area contributed by atoms with E-state index < -0.39 is 46.1 Å². The predicted octanol–water partition coefficient (Wildman–Crippen LogP) is 2.98. The van der Waals surface area contributed by atoms with Crippen LogP contribution in [0.3, 0.4) is 0 Å². The largest absolute Gasteiger partial charge is 0.490 e. The number of nitrogen functional groups attached to an aromatic ring is 1. The number of esters is 1. The molecule has 0 spiro atoms. The van der Waals surface area contributed by atoms with Gasteiger partial charge in [0.25, 0.3) is 5.91 Å². The van der Waals surface area contributed by atoms with E-state index in [9.17, 15) is 31.2 Å². The van der Waals surface area contributed by atoms with E-state index >= 15 is 0 Å². The first-order valence-electron chi connectivity index (χ1n) is 12.6. The maximum Gasteiger partial charge on any atom is 0.490 e. The fourth-order valence-electron chi connectivity index (χ4n) is 4.03. The zero-order chi connectivity index (χ0) is 33.6. The second kappa shape index (κ2) is 13.6. The fourth-order valence-corrected chi connectivity index (χ4v) is 4.79. The number of amidine groups is 1. The van der Waals surface area contributed by atoms with E-state index in [1.165, 1.54) is 13.2 Å². The van der Waals surface area contributed by atoms with Gasteiger partial charge in [-0.3, -0.25) is 15.0 Å². The van der Waals surface area contributed by atoms with Crippen LogP contribution in [0.1, 0.15) is 24.0 Å². The van der Waals surface area contributed by atoms with Crippen molar-refractivity contribution in [2.45, 2.75) is 29.5 Å². The van der Waals surface area contributed by atoms with E-state index in [4.69, 9.17) is 35.8 Å². The van der Waals surface area contributed by atoms with E-state index in [0.717, 1.165) is 0 Å². The lowest BCUT2D eigenvalue weighted by atomic mass is 9.89. The number of carbonyl (C=O) groups excluding carboxylic acids is 2. The van der Waals surface area contributed by atoms with Gasteiger partial charge in [-0.1, -0.05) is 53.7 Å². The fraction of sp³-hybridized carbons (Fsp3) is 0.179. The molecule has 0 bridgehead atoms. The van der Waals surface area contributed by atoms with Crippen LogP contribution in [0.25, 0.3) is 11.1 Å². The Bertz CT molecular complexity index is 1760. The number of ether oxygens (including phenoxy) is 1. The summed E-state index contributed by atoms with van der Waals surface area (Å²) in [4.78, 5) is 40.1. The average Bonchev–Trinajstić information content (AvgIpc) is 3.42. The van der Waals surface area contributed by atoms with Gasteiger partial charge in [0, 0.05) is 28.8 Å². The van der Waals surface area contributed by atoms with Gasteiger partial charge in [-0.25, -0.2) is 18.4 Å². The third-order valence-electron chi connectivity index (χ3n) is 6.25. The van der Waals surface area contributed by atoms with Gasteiger partial charge in [-0.15, -0.1) is 0 Å². The van der Waals surface area contributed by atoms with Gasteiger partial charge in [-0.2, -0.15) is 13.2 Å². The summed E-state index contributed by atoms with van der Waals surface area (Å²) in [6.07, 6.45) is -5.51.